The van der Waals surface area contributed by atoms with E-state index in [4.69, 9.17) is 4.52 Å². The zero-order valence-electron chi connectivity index (χ0n) is 13.0. The first kappa shape index (κ1) is 18.9. The second-order valence-electron chi connectivity index (χ2n) is 4.55. The summed E-state index contributed by atoms with van der Waals surface area (Å²) in [6, 6.07) is 1.94. The third kappa shape index (κ3) is 5.91. The van der Waals surface area contributed by atoms with E-state index in [0.29, 0.717) is 13.1 Å². The van der Waals surface area contributed by atoms with Gasteiger partial charge in [-0.2, -0.15) is 0 Å². The van der Waals surface area contributed by atoms with Gasteiger partial charge in [0.1, 0.15) is 11.6 Å². The van der Waals surface area contributed by atoms with Gasteiger partial charge in [-0.1, -0.05) is 12.1 Å². The number of nitrogens with one attached hydrogen (secondary N) is 2. The molecule has 0 atom stereocenters. The quantitative estimate of drug-likeness (QED) is 0.415. The maximum absolute atomic E-state index is 5.23. The Morgan fingerprint density at radius 1 is 1.36 bits per heavy atom. The van der Waals surface area contributed by atoms with Gasteiger partial charge in [0.15, 0.2) is 11.7 Å². The number of aryl methyl sites for hydroxylation is 2. The second kappa shape index (κ2) is 9.78. The number of aliphatic imine (C=N–C) groups is 1. The van der Waals surface area contributed by atoms with Crippen molar-refractivity contribution in [3.05, 3.63) is 33.6 Å². The molecule has 2 heterocycles. The molecule has 0 spiro atoms. The largest absolute Gasteiger partial charge is 0.359 e. The van der Waals surface area contributed by atoms with Crippen LogP contribution in [0.15, 0.2) is 21.8 Å². The van der Waals surface area contributed by atoms with Gasteiger partial charge in [0, 0.05) is 23.7 Å². The van der Waals surface area contributed by atoms with E-state index in [1.165, 1.54) is 4.88 Å². The van der Waals surface area contributed by atoms with E-state index in [9.17, 15) is 0 Å². The molecule has 6 nitrogen and oxygen atoms in total. The summed E-state index contributed by atoms with van der Waals surface area (Å²) < 4.78 is 5.23. The summed E-state index contributed by atoms with van der Waals surface area (Å²) in [5.74, 6) is 1.52. The van der Waals surface area contributed by atoms with Crippen LogP contribution in [0.5, 0.6) is 0 Å². The summed E-state index contributed by atoms with van der Waals surface area (Å²) in [7, 11) is 0. The summed E-state index contributed by atoms with van der Waals surface area (Å²) in [5, 5.41) is 11.5. The van der Waals surface area contributed by atoms with E-state index in [1.807, 2.05) is 26.1 Å². The molecule has 0 aliphatic heterocycles. The Labute approximate surface area is 151 Å². The van der Waals surface area contributed by atoms with Gasteiger partial charge >= 0.3 is 0 Å². The first-order valence-electron chi connectivity index (χ1n) is 7.09. The third-order valence-electron chi connectivity index (χ3n) is 2.78. The molecular formula is C14H22IN5OS. The van der Waals surface area contributed by atoms with E-state index in [2.05, 4.69) is 32.7 Å². The van der Waals surface area contributed by atoms with Gasteiger partial charge in [-0.05, 0) is 20.3 Å². The fraction of sp³-hybridized carbons (Fsp3) is 0.500. The number of guanidine groups is 1. The highest BCUT2D eigenvalue weighted by molar-refractivity contribution is 14.0. The Morgan fingerprint density at radius 3 is 2.77 bits per heavy atom. The minimum Gasteiger partial charge on any atom is -0.359 e. The van der Waals surface area contributed by atoms with Crippen LogP contribution >= 0.6 is 35.3 Å². The molecule has 2 N–H and O–H groups in total. The van der Waals surface area contributed by atoms with Crippen LogP contribution in [0.1, 0.15) is 35.2 Å². The highest BCUT2D eigenvalue weighted by Crippen LogP contribution is 2.10. The van der Waals surface area contributed by atoms with Crippen LogP contribution in [0.2, 0.25) is 0 Å². The molecule has 0 saturated heterocycles. The predicted octanol–water partition coefficient (Wildman–Crippen LogP) is 2.88. The average Bonchev–Trinajstić information content (AvgIpc) is 3.10. The van der Waals surface area contributed by atoms with Crippen molar-refractivity contribution in [3.63, 3.8) is 0 Å². The molecule has 0 amide bonds. The van der Waals surface area contributed by atoms with Crippen LogP contribution in [0.25, 0.3) is 0 Å². The zero-order valence-corrected chi connectivity index (χ0v) is 16.2. The first-order valence-corrected chi connectivity index (χ1v) is 7.90. The number of aromatic nitrogens is 2. The topological polar surface area (TPSA) is 75.3 Å². The third-order valence-corrected chi connectivity index (χ3v) is 3.70. The van der Waals surface area contributed by atoms with Gasteiger partial charge in [0.05, 0.1) is 12.2 Å². The Morgan fingerprint density at radius 2 is 2.18 bits per heavy atom. The fourth-order valence-corrected chi connectivity index (χ4v) is 2.46. The van der Waals surface area contributed by atoms with Crippen LogP contribution in [-0.2, 0) is 19.5 Å². The number of hydrogen-bond acceptors (Lipinski definition) is 5. The van der Waals surface area contributed by atoms with Gasteiger partial charge < -0.3 is 15.2 Å². The summed E-state index contributed by atoms with van der Waals surface area (Å²) in [6.07, 6.45) is 2.75. The molecule has 0 saturated carbocycles. The van der Waals surface area contributed by atoms with Crippen molar-refractivity contribution in [1.82, 2.24) is 20.8 Å². The molecule has 22 heavy (non-hydrogen) atoms. The molecule has 0 aliphatic rings. The van der Waals surface area contributed by atoms with Crippen molar-refractivity contribution in [2.75, 3.05) is 6.54 Å². The SMILES string of the molecule is CCNC(=NCc1cc(CC)no1)NCc1ncc(C)s1.I. The summed E-state index contributed by atoms with van der Waals surface area (Å²) in [6.45, 7) is 8.08. The van der Waals surface area contributed by atoms with Crippen LogP contribution < -0.4 is 10.6 Å². The molecule has 0 aromatic carbocycles. The lowest BCUT2D eigenvalue weighted by molar-refractivity contribution is 0.379. The van der Waals surface area contributed by atoms with E-state index in [1.54, 1.807) is 11.3 Å². The lowest BCUT2D eigenvalue weighted by Gasteiger charge is -2.09. The van der Waals surface area contributed by atoms with Crippen molar-refractivity contribution < 1.29 is 4.52 Å². The van der Waals surface area contributed by atoms with E-state index in [0.717, 1.165) is 35.4 Å². The van der Waals surface area contributed by atoms with E-state index < -0.39 is 0 Å². The van der Waals surface area contributed by atoms with E-state index >= 15 is 0 Å². The van der Waals surface area contributed by atoms with Crippen molar-refractivity contribution in [2.24, 2.45) is 4.99 Å². The maximum atomic E-state index is 5.23. The van der Waals surface area contributed by atoms with Crippen molar-refractivity contribution >= 4 is 41.3 Å². The summed E-state index contributed by atoms with van der Waals surface area (Å²) >= 11 is 1.68. The van der Waals surface area contributed by atoms with Crippen LogP contribution in [0.3, 0.4) is 0 Å². The monoisotopic (exact) mass is 435 g/mol. The first-order chi connectivity index (χ1) is 10.2. The molecule has 2 rings (SSSR count). The van der Waals surface area contributed by atoms with Crippen LogP contribution in [0.4, 0.5) is 0 Å². The lowest BCUT2D eigenvalue weighted by Crippen LogP contribution is -2.36. The zero-order chi connectivity index (χ0) is 15.1. The highest BCUT2D eigenvalue weighted by Gasteiger charge is 2.04. The number of nitrogens with zero attached hydrogens (tertiary/aromatic N) is 3. The number of rotatable bonds is 6. The van der Waals surface area contributed by atoms with Gasteiger partial charge in [-0.3, -0.25) is 0 Å². The van der Waals surface area contributed by atoms with Gasteiger partial charge in [-0.15, -0.1) is 35.3 Å². The molecule has 0 aliphatic carbocycles. The number of halogens is 1. The second-order valence-corrected chi connectivity index (χ2v) is 5.87. The minimum absolute atomic E-state index is 0. The van der Waals surface area contributed by atoms with E-state index in [-0.39, 0.29) is 24.0 Å². The molecule has 0 fully saturated rings. The Hall–Kier alpha value is -1.16. The molecule has 0 bridgehead atoms. The van der Waals surface area contributed by atoms with Crippen LogP contribution in [0, 0.1) is 6.92 Å². The number of thiazole rings is 1. The standard InChI is InChI=1S/C14H21N5OS.HI/c1-4-11-6-12(20-19-11)8-17-14(15-5-2)18-9-13-16-7-10(3)21-13;/h6-7H,4-5,8-9H2,1-3H3,(H2,15,17,18);1H. The van der Waals surface area contributed by atoms with Crippen molar-refractivity contribution in [3.8, 4) is 0 Å². The van der Waals surface area contributed by atoms with Crippen LogP contribution in [-0.4, -0.2) is 22.6 Å². The predicted molar refractivity (Wildman–Crippen MR) is 99.8 cm³/mol. The highest BCUT2D eigenvalue weighted by atomic mass is 127. The maximum Gasteiger partial charge on any atom is 0.192 e. The van der Waals surface area contributed by atoms with Gasteiger partial charge in [0.2, 0.25) is 0 Å². The lowest BCUT2D eigenvalue weighted by atomic mass is 10.3. The smallest absolute Gasteiger partial charge is 0.192 e. The molecule has 8 heteroatoms. The molecule has 0 unspecified atom stereocenters. The van der Waals surface area contributed by atoms with Gasteiger partial charge in [-0.25, -0.2) is 9.98 Å². The summed E-state index contributed by atoms with van der Waals surface area (Å²) in [5.41, 5.74) is 0.955. The fourth-order valence-electron chi connectivity index (χ4n) is 1.74. The molecule has 2 aromatic rings. The van der Waals surface area contributed by atoms with Crippen molar-refractivity contribution in [1.29, 1.82) is 0 Å². The average molecular weight is 435 g/mol. The normalized spacial score (nSPS) is 11.1. The summed E-state index contributed by atoms with van der Waals surface area (Å²) in [4.78, 5) is 10.0. The Balaban J connectivity index is 0.00000242. The Kier molecular flexibility index (Phi) is 8.39. The van der Waals surface area contributed by atoms with Crippen molar-refractivity contribution in [2.45, 2.75) is 40.3 Å². The molecule has 122 valence electrons. The molecule has 2 aromatic heterocycles. The number of hydrogen-bond donors (Lipinski definition) is 2. The minimum atomic E-state index is 0. The Bertz CT molecular complexity index is 596. The van der Waals surface area contributed by atoms with Gasteiger partial charge in [0.25, 0.3) is 0 Å². The molecule has 0 radical (unpaired) electrons. The molecular weight excluding hydrogens is 413 g/mol.